The Morgan fingerprint density at radius 2 is 1.58 bits per heavy atom. The van der Waals surface area contributed by atoms with Gasteiger partial charge < -0.3 is 15.4 Å². The summed E-state index contributed by atoms with van der Waals surface area (Å²) >= 11 is 0. The summed E-state index contributed by atoms with van der Waals surface area (Å²) in [6.07, 6.45) is 0. The second kappa shape index (κ2) is 10.3. The largest absolute Gasteiger partial charge is 0.496 e. The Hall–Kier alpha value is -3.69. The standard InChI is InChI=1S/C24H25N3O5S/c1-17(28)25-20-8-7-9-21(15-20)26-24(29)18-12-13-23(32-3)19(14-18)16-27(2)33(30,31)22-10-5-4-6-11-22/h4-15H,16H2,1-3H3,(H,25,28)(H,26,29). The lowest BCUT2D eigenvalue weighted by atomic mass is 10.1. The average molecular weight is 468 g/mol. The number of carbonyl (C=O) groups excluding carboxylic acids is 2. The monoisotopic (exact) mass is 467 g/mol. The molecule has 0 aliphatic heterocycles. The van der Waals surface area contributed by atoms with Crippen molar-refractivity contribution >= 4 is 33.2 Å². The molecular weight excluding hydrogens is 442 g/mol. The van der Waals surface area contributed by atoms with Crippen LogP contribution in [0.3, 0.4) is 0 Å². The molecule has 2 N–H and O–H groups in total. The van der Waals surface area contributed by atoms with Crippen molar-refractivity contribution in [2.24, 2.45) is 0 Å². The second-order valence-corrected chi connectivity index (χ2v) is 9.36. The maximum atomic E-state index is 12.9. The molecule has 0 atom stereocenters. The summed E-state index contributed by atoms with van der Waals surface area (Å²) in [5.41, 5.74) is 1.94. The van der Waals surface area contributed by atoms with Crippen LogP contribution in [-0.4, -0.2) is 38.7 Å². The first kappa shape index (κ1) is 24.0. The van der Waals surface area contributed by atoms with Gasteiger partial charge in [0.05, 0.1) is 12.0 Å². The minimum Gasteiger partial charge on any atom is -0.496 e. The minimum absolute atomic E-state index is 0.0134. The Morgan fingerprint density at radius 1 is 0.909 bits per heavy atom. The van der Waals surface area contributed by atoms with Crippen LogP contribution in [0, 0.1) is 0 Å². The summed E-state index contributed by atoms with van der Waals surface area (Å²) < 4.78 is 32.3. The van der Waals surface area contributed by atoms with Crippen molar-refractivity contribution in [2.45, 2.75) is 18.4 Å². The lowest BCUT2D eigenvalue weighted by Gasteiger charge is -2.19. The Kier molecular flexibility index (Phi) is 7.47. The number of benzene rings is 3. The number of hydrogen-bond donors (Lipinski definition) is 2. The van der Waals surface area contributed by atoms with E-state index in [0.717, 1.165) is 0 Å². The molecule has 0 saturated heterocycles. The SMILES string of the molecule is COc1ccc(C(=O)Nc2cccc(NC(C)=O)c2)cc1CN(C)S(=O)(=O)c1ccccc1. The van der Waals surface area contributed by atoms with E-state index in [1.165, 1.54) is 37.5 Å². The summed E-state index contributed by atoms with van der Waals surface area (Å²) in [5.74, 6) is -0.130. The van der Waals surface area contributed by atoms with Gasteiger partial charge in [-0.15, -0.1) is 0 Å². The smallest absolute Gasteiger partial charge is 0.255 e. The van der Waals surface area contributed by atoms with E-state index < -0.39 is 10.0 Å². The van der Waals surface area contributed by atoms with Crippen LogP contribution in [0.15, 0.2) is 77.7 Å². The van der Waals surface area contributed by atoms with Crippen LogP contribution in [0.4, 0.5) is 11.4 Å². The highest BCUT2D eigenvalue weighted by Gasteiger charge is 2.22. The highest BCUT2D eigenvalue weighted by Crippen LogP contribution is 2.25. The van der Waals surface area contributed by atoms with Crippen molar-refractivity contribution in [3.05, 3.63) is 83.9 Å². The fraction of sp³-hybridized carbons (Fsp3) is 0.167. The molecule has 0 aliphatic rings. The van der Waals surface area contributed by atoms with Gasteiger partial charge in [0.15, 0.2) is 0 Å². The van der Waals surface area contributed by atoms with Crippen molar-refractivity contribution in [1.82, 2.24) is 4.31 Å². The molecule has 172 valence electrons. The molecule has 0 heterocycles. The Bertz CT molecular complexity index is 1260. The van der Waals surface area contributed by atoms with Gasteiger partial charge in [-0.1, -0.05) is 24.3 Å². The number of sulfonamides is 1. The molecule has 9 heteroatoms. The van der Waals surface area contributed by atoms with E-state index in [-0.39, 0.29) is 23.3 Å². The third kappa shape index (κ3) is 5.97. The van der Waals surface area contributed by atoms with Crippen LogP contribution < -0.4 is 15.4 Å². The molecule has 0 aliphatic carbocycles. The predicted octanol–water partition coefficient (Wildman–Crippen LogP) is 3.73. The summed E-state index contributed by atoms with van der Waals surface area (Å²) in [5, 5.41) is 5.45. The lowest BCUT2D eigenvalue weighted by molar-refractivity contribution is -0.114. The summed E-state index contributed by atoms with van der Waals surface area (Å²) in [6.45, 7) is 1.42. The van der Waals surface area contributed by atoms with E-state index in [0.29, 0.717) is 28.3 Å². The normalized spacial score (nSPS) is 11.2. The van der Waals surface area contributed by atoms with E-state index in [4.69, 9.17) is 4.74 Å². The number of hydrogen-bond acceptors (Lipinski definition) is 5. The van der Waals surface area contributed by atoms with Gasteiger partial charge in [-0.2, -0.15) is 4.31 Å². The van der Waals surface area contributed by atoms with Gasteiger partial charge >= 0.3 is 0 Å². The Morgan fingerprint density at radius 3 is 2.21 bits per heavy atom. The van der Waals surface area contributed by atoms with Gasteiger partial charge in [0.25, 0.3) is 5.91 Å². The van der Waals surface area contributed by atoms with Crippen molar-refractivity contribution in [3.8, 4) is 5.75 Å². The number of nitrogens with one attached hydrogen (secondary N) is 2. The zero-order valence-corrected chi connectivity index (χ0v) is 19.3. The molecule has 0 saturated carbocycles. The van der Waals surface area contributed by atoms with E-state index in [1.807, 2.05) is 0 Å². The number of amides is 2. The molecule has 3 rings (SSSR count). The summed E-state index contributed by atoms with van der Waals surface area (Å²) in [6, 6.07) is 19.7. The van der Waals surface area contributed by atoms with Gasteiger partial charge in [0.1, 0.15) is 5.75 Å². The molecule has 0 unspecified atom stereocenters. The molecule has 0 radical (unpaired) electrons. The quantitative estimate of drug-likeness (QED) is 0.525. The highest BCUT2D eigenvalue weighted by molar-refractivity contribution is 7.89. The van der Waals surface area contributed by atoms with E-state index in [9.17, 15) is 18.0 Å². The van der Waals surface area contributed by atoms with Gasteiger partial charge in [0, 0.05) is 43.0 Å². The third-order valence-corrected chi connectivity index (χ3v) is 6.65. The molecule has 33 heavy (non-hydrogen) atoms. The van der Waals surface area contributed by atoms with Crippen molar-refractivity contribution in [2.75, 3.05) is 24.8 Å². The van der Waals surface area contributed by atoms with E-state index in [1.54, 1.807) is 60.7 Å². The molecule has 2 amide bonds. The molecule has 0 fully saturated rings. The second-order valence-electron chi connectivity index (χ2n) is 7.32. The molecule has 0 aromatic heterocycles. The molecule has 0 spiro atoms. The Labute approximate surface area is 193 Å². The first-order valence-corrected chi connectivity index (χ1v) is 11.5. The molecule has 0 bridgehead atoms. The lowest BCUT2D eigenvalue weighted by Crippen LogP contribution is -2.27. The maximum Gasteiger partial charge on any atom is 0.255 e. The number of carbonyl (C=O) groups is 2. The molecule has 3 aromatic carbocycles. The molecule has 8 nitrogen and oxygen atoms in total. The Balaban J connectivity index is 1.82. The fourth-order valence-electron chi connectivity index (χ4n) is 3.22. The average Bonchev–Trinajstić information content (AvgIpc) is 2.79. The van der Waals surface area contributed by atoms with Crippen molar-refractivity contribution in [3.63, 3.8) is 0 Å². The van der Waals surface area contributed by atoms with Gasteiger partial charge in [-0.05, 0) is 48.5 Å². The topological polar surface area (TPSA) is 105 Å². The van der Waals surface area contributed by atoms with Gasteiger partial charge in [-0.3, -0.25) is 9.59 Å². The molecular formula is C24H25N3O5S. The molecule has 3 aromatic rings. The van der Waals surface area contributed by atoms with Crippen LogP contribution in [0.25, 0.3) is 0 Å². The zero-order valence-electron chi connectivity index (χ0n) is 18.5. The highest BCUT2D eigenvalue weighted by atomic mass is 32.2. The van der Waals surface area contributed by atoms with E-state index in [2.05, 4.69) is 10.6 Å². The number of rotatable bonds is 8. The number of ether oxygens (including phenoxy) is 1. The number of anilines is 2. The van der Waals surface area contributed by atoms with Gasteiger partial charge in [-0.25, -0.2) is 8.42 Å². The summed E-state index contributed by atoms with van der Waals surface area (Å²) in [4.78, 5) is 24.3. The third-order valence-electron chi connectivity index (χ3n) is 4.83. The minimum atomic E-state index is -3.72. The van der Waals surface area contributed by atoms with Crippen molar-refractivity contribution < 1.29 is 22.7 Å². The summed E-state index contributed by atoms with van der Waals surface area (Å²) in [7, 11) is -0.758. The van der Waals surface area contributed by atoms with Crippen LogP contribution in [0.2, 0.25) is 0 Å². The first-order valence-electron chi connectivity index (χ1n) is 10.1. The van der Waals surface area contributed by atoms with Crippen LogP contribution >= 0.6 is 0 Å². The number of nitrogens with zero attached hydrogens (tertiary/aromatic N) is 1. The predicted molar refractivity (Wildman–Crippen MR) is 127 cm³/mol. The van der Waals surface area contributed by atoms with Crippen LogP contribution in [-0.2, 0) is 21.4 Å². The van der Waals surface area contributed by atoms with Crippen molar-refractivity contribution in [1.29, 1.82) is 0 Å². The number of methoxy groups -OCH3 is 1. The first-order chi connectivity index (χ1) is 15.7. The van der Waals surface area contributed by atoms with Crippen LogP contribution in [0.1, 0.15) is 22.8 Å². The zero-order chi connectivity index (χ0) is 24.0. The maximum absolute atomic E-state index is 12.9. The van der Waals surface area contributed by atoms with Crippen LogP contribution in [0.5, 0.6) is 5.75 Å². The van der Waals surface area contributed by atoms with E-state index >= 15 is 0 Å². The fourth-order valence-corrected chi connectivity index (χ4v) is 4.39. The van der Waals surface area contributed by atoms with Gasteiger partial charge in [0.2, 0.25) is 15.9 Å².